The number of methoxy groups -OCH3 is 1. The maximum absolute atomic E-state index is 11.6. The van der Waals surface area contributed by atoms with Gasteiger partial charge < -0.3 is 10.1 Å². The number of hydrogen-bond acceptors (Lipinski definition) is 2. The van der Waals surface area contributed by atoms with Crippen LogP contribution in [0.25, 0.3) is 6.08 Å². The van der Waals surface area contributed by atoms with Gasteiger partial charge in [-0.05, 0) is 30.7 Å². The molecule has 1 amide bonds. The van der Waals surface area contributed by atoms with Crippen molar-refractivity contribution < 1.29 is 9.53 Å². The Balaban J connectivity index is 2.60. The van der Waals surface area contributed by atoms with E-state index in [-0.39, 0.29) is 11.9 Å². The van der Waals surface area contributed by atoms with Crippen molar-refractivity contribution in [2.75, 3.05) is 13.7 Å². The largest absolute Gasteiger partial charge is 0.383 e. The second-order valence-electron chi connectivity index (χ2n) is 3.86. The lowest BCUT2D eigenvalue weighted by Crippen LogP contribution is -2.34. The van der Waals surface area contributed by atoms with Gasteiger partial charge in [-0.15, -0.1) is 0 Å². The van der Waals surface area contributed by atoms with Crippen molar-refractivity contribution in [1.29, 1.82) is 0 Å². The van der Waals surface area contributed by atoms with Gasteiger partial charge >= 0.3 is 0 Å². The Kier molecular flexibility index (Phi) is 6.19. The summed E-state index contributed by atoms with van der Waals surface area (Å²) in [7, 11) is 1.59. The summed E-state index contributed by atoms with van der Waals surface area (Å²) in [5.74, 6) is -0.189. The van der Waals surface area contributed by atoms with Crippen molar-refractivity contribution in [3.8, 4) is 0 Å². The molecule has 1 N–H and O–H groups in total. The standard InChI is InChI=1S/C13H15Cl2NO2/c1-9(8-18-2)16-13(17)6-4-10-3-5-11(14)7-12(10)15/h3-7,9H,8H2,1-2H3,(H,16,17)/b6-4+/t9-/m1/s1. The number of carbonyl (C=O) groups excluding carboxylic acids is 1. The van der Waals surface area contributed by atoms with E-state index < -0.39 is 0 Å². The number of hydrogen-bond donors (Lipinski definition) is 1. The molecule has 3 nitrogen and oxygen atoms in total. The summed E-state index contributed by atoms with van der Waals surface area (Å²) in [5, 5.41) is 3.84. The maximum atomic E-state index is 11.6. The zero-order valence-corrected chi connectivity index (χ0v) is 11.8. The Hall–Kier alpha value is -1.03. The number of rotatable bonds is 5. The lowest BCUT2D eigenvalue weighted by atomic mass is 10.2. The minimum absolute atomic E-state index is 0.0344. The van der Waals surface area contributed by atoms with Crippen LogP contribution in [0, 0.1) is 0 Å². The Labute approximate surface area is 117 Å². The molecule has 1 aromatic carbocycles. The zero-order valence-electron chi connectivity index (χ0n) is 10.2. The van der Waals surface area contributed by atoms with E-state index in [1.54, 1.807) is 31.4 Å². The molecule has 1 rings (SSSR count). The molecule has 0 aliphatic heterocycles. The number of ether oxygens (including phenoxy) is 1. The lowest BCUT2D eigenvalue weighted by Gasteiger charge is -2.10. The van der Waals surface area contributed by atoms with Crippen LogP contribution in [0.4, 0.5) is 0 Å². The fourth-order valence-corrected chi connectivity index (χ4v) is 1.86. The van der Waals surface area contributed by atoms with E-state index in [0.29, 0.717) is 16.7 Å². The summed E-state index contributed by atoms with van der Waals surface area (Å²) in [6.45, 7) is 2.34. The molecule has 0 saturated carbocycles. The highest BCUT2D eigenvalue weighted by Gasteiger charge is 2.04. The van der Waals surface area contributed by atoms with Crippen LogP contribution in [0.15, 0.2) is 24.3 Å². The molecule has 0 aliphatic carbocycles. The number of amides is 1. The first-order valence-electron chi connectivity index (χ1n) is 5.45. The molecule has 18 heavy (non-hydrogen) atoms. The first-order chi connectivity index (χ1) is 8.52. The molecule has 1 aromatic rings. The van der Waals surface area contributed by atoms with E-state index >= 15 is 0 Å². The minimum atomic E-state index is -0.189. The second kappa shape index (κ2) is 7.41. The molecule has 0 aliphatic rings. The van der Waals surface area contributed by atoms with Gasteiger partial charge in [0.25, 0.3) is 0 Å². The van der Waals surface area contributed by atoms with Crippen LogP contribution in [-0.4, -0.2) is 25.7 Å². The molecular weight excluding hydrogens is 273 g/mol. The van der Waals surface area contributed by atoms with Gasteiger partial charge in [0.2, 0.25) is 5.91 Å². The van der Waals surface area contributed by atoms with E-state index in [4.69, 9.17) is 27.9 Å². The van der Waals surface area contributed by atoms with Crippen LogP contribution in [0.3, 0.4) is 0 Å². The van der Waals surface area contributed by atoms with Gasteiger partial charge in [0, 0.05) is 29.3 Å². The van der Waals surface area contributed by atoms with Crippen LogP contribution in [0.1, 0.15) is 12.5 Å². The number of halogens is 2. The summed E-state index contributed by atoms with van der Waals surface area (Å²) in [4.78, 5) is 11.6. The topological polar surface area (TPSA) is 38.3 Å². The summed E-state index contributed by atoms with van der Waals surface area (Å²) in [5.41, 5.74) is 0.746. The van der Waals surface area contributed by atoms with E-state index in [2.05, 4.69) is 5.32 Å². The van der Waals surface area contributed by atoms with Crippen molar-refractivity contribution in [2.45, 2.75) is 13.0 Å². The molecule has 5 heteroatoms. The Morgan fingerprint density at radius 2 is 2.22 bits per heavy atom. The molecule has 0 saturated heterocycles. The van der Waals surface area contributed by atoms with Crippen LogP contribution in [-0.2, 0) is 9.53 Å². The average Bonchev–Trinajstić information content (AvgIpc) is 2.28. The van der Waals surface area contributed by atoms with Crippen LogP contribution < -0.4 is 5.32 Å². The van der Waals surface area contributed by atoms with Gasteiger partial charge in [-0.25, -0.2) is 0 Å². The van der Waals surface area contributed by atoms with Gasteiger partial charge in [-0.1, -0.05) is 29.3 Å². The zero-order chi connectivity index (χ0) is 13.5. The predicted octanol–water partition coefficient (Wildman–Crippen LogP) is 3.16. The molecule has 0 bridgehead atoms. The molecule has 0 fully saturated rings. The molecule has 0 unspecified atom stereocenters. The number of carbonyl (C=O) groups is 1. The van der Waals surface area contributed by atoms with Crippen molar-refractivity contribution in [2.24, 2.45) is 0 Å². The van der Waals surface area contributed by atoms with Gasteiger partial charge in [0.15, 0.2) is 0 Å². The second-order valence-corrected chi connectivity index (χ2v) is 4.71. The molecule has 98 valence electrons. The molecule has 1 atom stereocenters. The van der Waals surface area contributed by atoms with Crippen LogP contribution in [0.2, 0.25) is 10.0 Å². The monoisotopic (exact) mass is 287 g/mol. The van der Waals surface area contributed by atoms with E-state index in [9.17, 15) is 4.79 Å². The Bertz CT molecular complexity index is 447. The van der Waals surface area contributed by atoms with Crippen molar-refractivity contribution in [3.05, 3.63) is 39.9 Å². The summed E-state index contributed by atoms with van der Waals surface area (Å²) < 4.78 is 4.92. The van der Waals surface area contributed by atoms with Crippen molar-refractivity contribution in [3.63, 3.8) is 0 Å². The van der Waals surface area contributed by atoms with E-state index in [0.717, 1.165) is 5.56 Å². The third-order valence-corrected chi connectivity index (χ3v) is 2.74. The quantitative estimate of drug-likeness (QED) is 0.845. The fourth-order valence-electron chi connectivity index (χ4n) is 1.38. The first-order valence-corrected chi connectivity index (χ1v) is 6.21. The Morgan fingerprint density at radius 3 is 2.83 bits per heavy atom. The summed E-state index contributed by atoms with van der Waals surface area (Å²) in [6.07, 6.45) is 3.08. The first kappa shape index (κ1) is 15.0. The highest BCUT2D eigenvalue weighted by Crippen LogP contribution is 2.21. The number of benzene rings is 1. The van der Waals surface area contributed by atoms with Gasteiger partial charge in [-0.2, -0.15) is 0 Å². The Morgan fingerprint density at radius 1 is 1.50 bits per heavy atom. The summed E-state index contributed by atoms with van der Waals surface area (Å²) in [6, 6.07) is 5.08. The maximum Gasteiger partial charge on any atom is 0.244 e. The SMILES string of the molecule is COC[C@@H](C)NC(=O)/C=C/c1ccc(Cl)cc1Cl. The number of nitrogens with one attached hydrogen (secondary N) is 1. The predicted molar refractivity (Wildman–Crippen MR) is 75.0 cm³/mol. The highest BCUT2D eigenvalue weighted by atomic mass is 35.5. The van der Waals surface area contributed by atoms with E-state index in [1.165, 1.54) is 6.08 Å². The fraction of sp³-hybridized carbons (Fsp3) is 0.308. The third-order valence-electron chi connectivity index (χ3n) is 2.18. The molecular formula is C13H15Cl2NO2. The van der Waals surface area contributed by atoms with Gasteiger partial charge in [-0.3, -0.25) is 4.79 Å². The van der Waals surface area contributed by atoms with Crippen LogP contribution in [0.5, 0.6) is 0 Å². The van der Waals surface area contributed by atoms with Crippen molar-refractivity contribution in [1.82, 2.24) is 5.32 Å². The molecule has 0 spiro atoms. The van der Waals surface area contributed by atoms with Crippen LogP contribution >= 0.6 is 23.2 Å². The lowest BCUT2D eigenvalue weighted by molar-refractivity contribution is -0.117. The molecule has 0 heterocycles. The molecule has 0 radical (unpaired) electrons. The average molecular weight is 288 g/mol. The smallest absolute Gasteiger partial charge is 0.244 e. The minimum Gasteiger partial charge on any atom is -0.383 e. The molecule has 0 aromatic heterocycles. The summed E-state index contributed by atoms with van der Waals surface area (Å²) >= 11 is 11.8. The highest BCUT2D eigenvalue weighted by molar-refractivity contribution is 6.35. The van der Waals surface area contributed by atoms with Gasteiger partial charge in [0.05, 0.1) is 6.61 Å². The normalized spacial score (nSPS) is 12.7. The van der Waals surface area contributed by atoms with Gasteiger partial charge in [0.1, 0.15) is 0 Å². The van der Waals surface area contributed by atoms with Crippen molar-refractivity contribution >= 4 is 35.2 Å². The van der Waals surface area contributed by atoms with E-state index in [1.807, 2.05) is 6.92 Å². The third kappa shape index (κ3) is 5.08.